The Morgan fingerprint density at radius 3 is 2.65 bits per heavy atom. The van der Waals surface area contributed by atoms with Crippen molar-refractivity contribution in [1.29, 1.82) is 0 Å². The van der Waals surface area contributed by atoms with Gasteiger partial charge in [0.05, 0.1) is 11.5 Å². The van der Waals surface area contributed by atoms with Gasteiger partial charge in [-0.15, -0.1) is 0 Å². The third kappa shape index (κ3) is 2.66. The van der Waals surface area contributed by atoms with Crippen molar-refractivity contribution in [3.8, 4) is 0 Å². The van der Waals surface area contributed by atoms with Gasteiger partial charge in [-0.2, -0.15) is 0 Å². The second kappa shape index (κ2) is 5.69. The number of rotatable bonds is 3. The zero-order valence-corrected chi connectivity index (χ0v) is 13.7. The lowest BCUT2D eigenvalue weighted by molar-refractivity contribution is -0.149. The molecule has 2 saturated heterocycles. The van der Waals surface area contributed by atoms with Crippen LogP contribution < -0.4 is 5.32 Å². The molecule has 3 atom stereocenters. The van der Waals surface area contributed by atoms with E-state index in [2.05, 4.69) is 5.32 Å². The maximum absolute atomic E-state index is 12.5. The molecule has 3 fully saturated rings. The monoisotopic (exact) mass is 323 g/mol. The first kappa shape index (κ1) is 16.1. The molecule has 0 spiro atoms. The van der Waals surface area contributed by atoms with Crippen molar-refractivity contribution in [2.24, 2.45) is 11.3 Å². The molecule has 1 unspecified atom stereocenters. The van der Waals surface area contributed by atoms with Crippen molar-refractivity contribution in [3.05, 3.63) is 0 Å². The maximum atomic E-state index is 12.5. The molecule has 128 valence electrons. The molecule has 7 heteroatoms. The highest BCUT2D eigenvalue weighted by atomic mass is 16.4. The maximum Gasteiger partial charge on any atom is 0.317 e. The smallest absolute Gasteiger partial charge is 0.317 e. The molecule has 0 radical (unpaired) electrons. The topological polar surface area (TPSA) is 90.0 Å². The van der Waals surface area contributed by atoms with Crippen LogP contribution in [0.3, 0.4) is 0 Å². The fraction of sp³-hybridized carbons (Fsp3) is 0.812. The van der Waals surface area contributed by atoms with Gasteiger partial charge in [0.2, 0.25) is 5.91 Å². The standard InChI is InChI=1S/C16H25N3O4/c1-10(2)19-8-12(6-13(19)20)17-15(23)18-7-11-4-3-5-16(11,9-18)14(21)22/h10-12H,3-9H2,1-2H3,(H,17,23)(H,21,22)/t11-,12?,16+/m0/s1. The van der Waals surface area contributed by atoms with Gasteiger partial charge in [-0.05, 0) is 32.6 Å². The summed E-state index contributed by atoms with van der Waals surface area (Å²) in [4.78, 5) is 39.4. The van der Waals surface area contributed by atoms with Crippen LogP contribution in [0.1, 0.15) is 39.5 Å². The van der Waals surface area contributed by atoms with E-state index in [-0.39, 0.29) is 36.5 Å². The number of nitrogens with one attached hydrogen (secondary N) is 1. The summed E-state index contributed by atoms with van der Waals surface area (Å²) in [6.45, 7) is 5.24. The van der Waals surface area contributed by atoms with Crippen molar-refractivity contribution < 1.29 is 19.5 Å². The molecule has 3 aliphatic rings. The first-order valence-corrected chi connectivity index (χ1v) is 8.42. The van der Waals surface area contributed by atoms with Crippen LogP contribution in [0, 0.1) is 11.3 Å². The van der Waals surface area contributed by atoms with Gasteiger partial charge in [-0.1, -0.05) is 6.42 Å². The van der Waals surface area contributed by atoms with E-state index in [1.807, 2.05) is 13.8 Å². The normalized spacial score (nSPS) is 33.4. The molecule has 1 saturated carbocycles. The van der Waals surface area contributed by atoms with Crippen molar-refractivity contribution in [3.63, 3.8) is 0 Å². The van der Waals surface area contributed by atoms with E-state index in [0.29, 0.717) is 25.9 Å². The van der Waals surface area contributed by atoms with Gasteiger partial charge >= 0.3 is 12.0 Å². The number of hydrogen-bond acceptors (Lipinski definition) is 3. The number of nitrogens with zero attached hydrogens (tertiary/aromatic N) is 2. The number of hydrogen-bond donors (Lipinski definition) is 2. The first-order valence-electron chi connectivity index (χ1n) is 8.42. The summed E-state index contributed by atoms with van der Waals surface area (Å²) < 4.78 is 0. The number of urea groups is 1. The minimum atomic E-state index is -0.780. The molecule has 2 aliphatic heterocycles. The van der Waals surface area contributed by atoms with E-state index >= 15 is 0 Å². The molecule has 0 aromatic rings. The second-order valence-electron chi connectivity index (χ2n) is 7.42. The van der Waals surface area contributed by atoms with E-state index in [1.165, 1.54) is 0 Å². The summed E-state index contributed by atoms with van der Waals surface area (Å²) in [6.07, 6.45) is 2.77. The zero-order chi connectivity index (χ0) is 16.8. The Hall–Kier alpha value is -1.79. The Labute approximate surface area is 136 Å². The predicted molar refractivity (Wildman–Crippen MR) is 82.8 cm³/mol. The Morgan fingerprint density at radius 1 is 1.35 bits per heavy atom. The predicted octanol–water partition coefficient (Wildman–Crippen LogP) is 0.892. The number of fused-ring (bicyclic) bond motifs is 1. The number of carboxylic acids is 1. The first-order chi connectivity index (χ1) is 10.8. The van der Waals surface area contributed by atoms with Gasteiger partial charge in [0.25, 0.3) is 0 Å². The van der Waals surface area contributed by atoms with E-state index in [0.717, 1.165) is 12.8 Å². The highest BCUT2D eigenvalue weighted by Gasteiger charge is 2.56. The van der Waals surface area contributed by atoms with Crippen molar-refractivity contribution in [2.75, 3.05) is 19.6 Å². The molecule has 2 heterocycles. The van der Waals surface area contributed by atoms with Crippen LogP contribution in [-0.4, -0.2) is 64.5 Å². The number of carbonyl (C=O) groups excluding carboxylic acids is 2. The molecule has 0 aromatic heterocycles. The Bertz CT molecular complexity index is 535. The minimum absolute atomic E-state index is 0.0584. The minimum Gasteiger partial charge on any atom is -0.481 e. The van der Waals surface area contributed by atoms with E-state index < -0.39 is 11.4 Å². The molecule has 7 nitrogen and oxygen atoms in total. The fourth-order valence-electron chi connectivity index (χ4n) is 4.39. The SMILES string of the molecule is CC(C)N1CC(NC(=O)N2C[C@@H]3CCC[C@@]3(C(=O)O)C2)CC1=O. The number of carbonyl (C=O) groups is 3. The molecular formula is C16H25N3O4. The van der Waals surface area contributed by atoms with Gasteiger partial charge in [0.15, 0.2) is 0 Å². The van der Waals surface area contributed by atoms with Gasteiger partial charge in [0, 0.05) is 32.1 Å². The summed E-state index contributed by atoms with van der Waals surface area (Å²) in [5, 5.41) is 12.5. The van der Waals surface area contributed by atoms with Gasteiger partial charge < -0.3 is 20.2 Å². The molecule has 2 N–H and O–H groups in total. The van der Waals surface area contributed by atoms with Crippen LogP contribution in [0.2, 0.25) is 0 Å². The lowest BCUT2D eigenvalue weighted by Gasteiger charge is -2.25. The number of amides is 3. The van der Waals surface area contributed by atoms with Crippen LogP contribution in [0.5, 0.6) is 0 Å². The third-order valence-corrected chi connectivity index (χ3v) is 5.69. The van der Waals surface area contributed by atoms with Crippen LogP contribution in [0.15, 0.2) is 0 Å². The lowest BCUT2D eigenvalue weighted by Crippen LogP contribution is -2.46. The van der Waals surface area contributed by atoms with Gasteiger partial charge in [0.1, 0.15) is 0 Å². The highest BCUT2D eigenvalue weighted by molar-refractivity contribution is 5.83. The van der Waals surface area contributed by atoms with Crippen molar-refractivity contribution in [2.45, 2.75) is 51.6 Å². The van der Waals surface area contributed by atoms with Crippen LogP contribution in [-0.2, 0) is 9.59 Å². The van der Waals surface area contributed by atoms with Crippen molar-refractivity contribution in [1.82, 2.24) is 15.1 Å². The van der Waals surface area contributed by atoms with Crippen LogP contribution in [0.4, 0.5) is 4.79 Å². The molecule has 1 aliphatic carbocycles. The Balaban J connectivity index is 1.60. The van der Waals surface area contributed by atoms with E-state index in [1.54, 1.807) is 9.80 Å². The number of carboxylic acid groups (broad SMARTS) is 1. The summed E-state index contributed by atoms with van der Waals surface area (Å²) >= 11 is 0. The Kier molecular flexibility index (Phi) is 3.98. The highest BCUT2D eigenvalue weighted by Crippen LogP contribution is 2.48. The average Bonchev–Trinajstić information content (AvgIpc) is 3.10. The molecule has 23 heavy (non-hydrogen) atoms. The van der Waals surface area contributed by atoms with E-state index in [4.69, 9.17) is 0 Å². The lowest BCUT2D eigenvalue weighted by atomic mass is 9.81. The third-order valence-electron chi connectivity index (χ3n) is 5.69. The molecule has 0 aromatic carbocycles. The van der Waals surface area contributed by atoms with Crippen molar-refractivity contribution >= 4 is 17.9 Å². The largest absolute Gasteiger partial charge is 0.481 e. The average molecular weight is 323 g/mol. The quantitative estimate of drug-likeness (QED) is 0.807. The summed E-state index contributed by atoms with van der Waals surface area (Å²) in [6, 6.07) is -0.284. The number of likely N-dealkylation sites (tertiary alicyclic amines) is 2. The van der Waals surface area contributed by atoms with Crippen LogP contribution in [0.25, 0.3) is 0 Å². The molecular weight excluding hydrogens is 298 g/mol. The summed E-state index contributed by atoms with van der Waals surface area (Å²) in [7, 11) is 0. The zero-order valence-electron chi connectivity index (χ0n) is 13.7. The second-order valence-corrected chi connectivity index (χ2v) is 7.42. The van der Waals surface area contributed by atoms with Gasteiger partial charge in [-0.3, -0.25) is 9.59 Å². The molecule has 0 bridgehead atoms. The van der Waals surface area contributed by atoms with E-state index in [9.17, 15) is 19.5 Å². The van der Waals surface area contributed by atoms with Gasteiger partial charge in [-0.25, -0.2) is 4.79 Å². The molecule has 3 amide bonds. The number of aliphatic carboxylic acids is 1. The summed E-state index contributed by atoms with van der Waals surface area (Å²) in [5.74, 6) is -0.661. The molecule has 3 rings (SSSR count). The fourth-order valence-corrected chi connectivity index (χ4v) is 4.39. The van der Waals surface area contributed by atoms with Crippen LogP contribution >= 0.6 is 0 Å². The summed E-state index contributed by atoms with van der Waals surface area (Å²) in [5.41, 5.74) is -0.757. The Morgan fingerprint density at radius 2 is 2.09 bits per heavy atom.